The topological polar surface area (TPSA) is 27.7 Å². The van der Waals surface area contributed by atoms with Gasteiger partial charge >= 0.3 is 0 Å². The molecule has 0 aromatic heterocycles. The Hall–Kier alpha value is -0.740. The van der Waals surface area contributed by atoms with Crippen LogP contribution in [0.5, 0.6) is 11.5 Å². The lowest BCUT2D eigenvalue weighted by Gasteiger charge is -2.14. The van der Waals surface area contributed by atoms with E-state index in [4.69, 9.17) is 14.2 Å². The molecule has 3 nitrogen and oxygen atoms in total. The second-order valence-electron chi connectivity index (χ2n) is 5.02. The van der Waals surface area contributed by atoms with E-state index in [-0.39, 0.29) is 0 Å². The van der Waals surface area contributed by atoms with Crippen molar-refractivity contribution in [3.05, 3.63) is 23.8 Å². The summed E-state index contributed by atoms with van der Waals surface area (Å²) in [5.74, 6) is 1.79. The molecule has 0 bridgehead atoms. The van der Waals surface area contributed by atoms with Crippen molar-refractivity contribution in [1.82, 2.24) is 0 Å². The minimum absolute atomic E-state index is 0.377. The Morgan fingerprint density at radius 2 is 2.20 bits per heavy atom. The molecule has 1 aliphatic rings. The summed E-state index contributed by atoms with van der Waals surface area (Å²) in [5.41, 5.74) is 1.15. The maximum atomic E-state index is 5.92. The number of ether oxygens (including phenoxy) is 3. The molecule has 0 amide bonds. The summed E-state index contributed by atoms with van der Waals surface area (Å²) in [6.45, 7) is 4.44. The van der Waals surface area contributed by atoms with E-state index in [0.29, 0.717) is 12.7 Å². The smallest absolute Gasteiger partial charge is 0.127 e. The van der Waals surface area contributed by atoms with Crippen LogP contribution in [0, 0.1) is 0 Å². The Labute approximate surface area is 129 Å². The van der Waals surface area contributed by atoms with Gasteiger partial charge in [-0.05, 0) is 25.3 Å². The number of hydrogen-bond donors (Lipinski definition) is 0. The van der Waals surface area contributed by atoms with Gasteiger partial charge in [0.15, 0.2) is 0 Å². The fraction of sp³-hybridized carbons (Fsp3) is 0.625. The van der Waals surface area contributed by atoms with Gasteiger partial charge in [-0.3, -0.25) is 0 Å². The maximum absolute atomic E-state index is 5.92. The van der Waals surface area contributed by atoms with Gasteiger partial charge in [0.1, 0.15) is 11.5 Å². The molecule has 0 N–H and O–H groups in total. The van der Waals surface area contributed by atoms with Crippen LogP contribution in [0.1, 0.15) is 38.2 Å². The Morgan fingerprint density at radius 3 is 2.90 bits per heavy atom. The summed E-state index contributed by atoms with van der Waals surface area (Å²) in [4.78, 5) is 0. The van der Waals surface area contributed by atoms with Crippen LogP contribution in [-0.4, -0.2) is 25.9 Å². The molecule has 20 heavy (non-hydrogen) atoms. The number of rotatable bonds is 8. The van der Waals surface area contributed by atoms with Gasteiger partial charge in [0.2, 0.25) is 0 Å². The highest BCUT2D eigenvalue weighted by atomic mass is 79.9. The molecule has 1 heterocycles. The van der Waals surface area contributed by atoms with E-state index in [2.05, 4.69) is 28.9 Å². The first-order valence-electron chi connectivity index (χ1n) is 7.39. The van der Waals surface area contributed by atoms with Crippen LogP contribution in [0.2, 0.25) is 0 Å². The van der Waals surface area contributed by atoms with E-state index < -0.39 is 0 Å². The molecule has 2 rings (SSSR count). The van der Waals surface area contributed by atoms with Crippen molar-refractivity contribution in [2.75, 3.05) is 19.8 Å². The van der Waals surface area contributed by atoms with Gasteiger partial charge in [0, 0.05) is 30.0 Å². The summed E-state index contributed by atoms with van der Waals surface area (Å²) in [6, 6.07) is 6.04. The SMILES string of the molecule is CCCOc1ccc(CBr)c(OCCC2CCCO2)c1. The van der Waals surface area contributed by atoms with Gasteiger partial charge < -0.3 is 14.2 Å². The van der Waals surface area contributed by atoms with Gasteiger partial charge in [-0.2, -0.15) is 0 Å². The minimum Gasteiger partial charge on any atom is -0.493 e. The normalized spacial score (nSPS) is 18.2. The monoisotopic (exact) mass is 342 g/mol. The summed E-state index contributed by atoms with van der Waals surface area (Å²) < 4.78 is 17.2. The Balaban J connectivity index is 1.89. The predicted molar refractivity (Wildman–Crippen MR) is 83.9 cm³/mol. The second kappa shape index (κ2) is 8.53. The molecular formula is C16H23BrO3. The average Bonchev–Trinajstić information content (AvgIpc) is 2.98. The number of hydrogen-bond acceptors (Lipinski definition) is 3. The number of benzene rings is 1. The van der Waals surface area contributed by atoms with Crippen molar-refractivity contribution in [3.8, 4) is 11.5 Å². The van der Waals surface area contributed by atoms with Crippen LogP contribution < -0.4 is 9.47 Å². The Kier molecular flexibility index (Phi) is 6.67. The molecule has 1 fully saturated rings. The Morgan fingerprint density at radius 1 is 1.30 bits per heavy atom. The van der Waals surface area contributed by atoms with E-state index in [0.717, 1.165) is 54.9 Å². The van der Waals surface area contributed by atoms with Crippen LogP contribution in [0.3, 0.4) is 0 Å². The molecule has 0 aliphatic carbocycles. The maximum Gasteiger partial charge on any atom is 0.127 e. The van der Waals surface area contributed by atoms with Crippen molar-refractivity contribution in [2.24, 2.45) is 0 Å². The molecular weight excluding hydrogens is 320 g/mol. The van der Waals surface area contributed by atoms with E-state index in [1.807, 2.05) is 12.1 Å². The summed E-state index contributed by atoms with van der Waals surface area (Å²) in [7, 11) is 0. The fourth-order valence-corrected chi connectivity index (χ4v) is 2.72. The zero-order valence-electron chi connectivity index (χ0n) is 12.1. The first kappa shape index (κ1) is 15.6. The van der Waals surface area contributed by atoms with Crippen LogP contribution in [0.4, 0.5) is 0 Å². The van der Waals surface area contributed by atoms with Crippen molar-refractivity contribution in [1.29, 1.82) is 0 Å². The van der Waals surface area contributed by atoms with Crippen LogP contribution >= 0.6 is 15.9 Å². The molecule has 0 saturated carbocycles. The molecule has 1 aromatic carbocycles. The summed E-state index contributed by atoms with van der Waals surface area (Å²) in [5, 5.41) is 0.788. The zero-order chi connectivity index (χ0) is 14.2. The molecule has 1 atom stereocenters. The number of halogens is 1. The van der Waals surface area contributed by atoms with Gasteiger partial charge in [0.05, 0.1) is 19.3 Å². The molecule has 0 spiro atoms. The third-order valence-electron chi connectivity index (χ3n) is 3.38. The van der Waals surface area contributed by atoms with E-state index >= 15 is 0 Å². The lowest BCUT2D eigenvalue weighted by atomic mass is 10.2. The fourth-order valence-electron chi connectivity index (χ4n) is 2.26. The minimum atomic E-state index is 0.377. The molecule has 112 valence electrons. The Bertz CT molecular complexity index is 403. The lowest BCUT2D eigenvalue weighted by molar-refractivity contribution is 0.0902. The molecule has 1 aliphatic heterocycles. The van der Waals surface area contributed by atoms with Crippen molar-refractivity contribution < 1.29 is 14.2 Å². The standard InChI is InChI=1S/C16H23BrO3/c1-2-8-18-15-6-5-13(12-17)16(11-15)20-10-7-14-4-3-9-19-14/h5-6,11,14H,2-4,7-10,12H2,1H3. The van der Waals surface area contributed by atoms with Crippen LogP contribution in [0.15, 0.2) is 18.2 Å². The summed E-state index contributed by atoms with van der Waals surface area (Å²) in [6.07, 6.45) is 4.69. The quantitative estimate of drug-likeness (QED) is 0.658. The molecule has 1 saturated heterocycles. The third-order valence-corrected chi connectivity index (χ3v) is 3.98. The molecule has 1 unspecified atom stereocenters. The molecule has 1 aromatic rings. The third kappa shape index (κ3) is 4.67. The van der Waals surface area contributed by atoms with Crippen LogP contribution in [-0.2, 0) is 10.1 Å². The van der Waals surface area contributed by atoms with E-state index in [1.54, 1.807) is 0 Å². The van der Waals surface area contributed by atoms with E-state index in [9.17, 15) is 0 Å². The van der Waals surface area contributed by atoms with Crippen LogP contribution in [0.25, 0.3) is 0 Å². The van der Waals surface area contributed by atoms with Gasteiger partial charge in [0.25, 0.3) is 0 Å². The van der Waals surface area contributed by atoms with Crippen molar-refractivity contribution in [3.63, 3.8) is 0 Å². The van der Waals surface area contributed by atoms with Gasteiger partial charge in [-0.25, -0.2) is 0 Å². The van der Waals surface area contributed by atoms with Crippen molar-refractivity contribution >= 4 is 15.9 Å². The largest absolute Gasteiger partial charge is 0.493 e. The highest BCUT2D eigenvalue weighted by Crippen LogP contribution is 2.27. The zero-order valence-corrected chi connectivity index (χ0v) is 13.7. The van der Waals surface area contributed by atoms with Gasteiger partial charge in [-0.1, -0.05) is 28.9 Å². The average molecular weight is 343 g/mol. The molecule has 4 heteroatoms. The summed E-state index contributed by atoms with van der Waals surface area (Å²) >= 11 is 3.50. The highest BCUT2D eigenvalue weighted by molar-refractivity contribution is 9.08. The van der Waals surface area contributed by atoms with Gasteiger partial charge in [-0.15, -0.1) is 0 Å². The first-order chi connectivity index (χ1) is 9.83. The van der Waals surface area contributed by atoms with Crippen molar-refractivity contribution in [2.45, 2.75) is 44.0 Å². The van der Waals surface area contributed by atoms with E-state index in [1.165, 1.54) is 6.42 Å². The lowest BCUT2D eigenvalue weighted by Crippen LogP contribution is -2.11. The number of alkyl halides is 1. The predicted octanol–water partition coefficient (Wildman–Crippen LogP) is 4.32. The second-order valence-corrected chi connectivity index (χ2v) is 5.58. The molecule has 0 radical (unpaired) electrons. The highest BCUT2D eigenvalue weighted by Gasteiger charge is 2.15. The first-order valence-corrected chi connectivity index (χ1v) is 8.51.